The Hall–Kier alpha value is -6.35. The second kappa shape index (κ2) is 32.5. The highest BCUT2D eigenvalue weighted by atomic mass is 80.9. The van der Waals surface area contributed by atoms with Crippen LogP contribution in [0.3, 0.4) is 0 Å². The van der Waals surface area contributed by atoms with Crippen LogP contribution in [0.5, 0.6) is 0 Å². The number of aromatic amines is 2. The van der Waals surface area contributed by atoms with Crippen LogP contribution in [0.4, 0.5) is 11.6 Å². The first kappa shape index (κ1) is 67.8. The maximum absolute atomic E-state index is 11.7. The van der Waals surface area contributed by atoms with Crippen LogP contribution in [0, 0.1) is 73.6 Å². The molecular weight excluding hydrogens is 1320 g/mol. The first-order valence-electron chi connectivity index (χ1n) is 22.9. The molecule has 2 unspecified atom stereocenters. The Morgan fingerprint density at radius 1 is 0.718 bits per heavy atom. The Morgan fingerprint density at radius 3 is 1.67 bits per heavy atom. The Balaban J connectivity index is 0.000000322. The van der Waals surface area contributed by atoms with Crippen molar-refractivity contribution in [2.75, 3.05) is 25.3 Å². The van der Waals surface area contributed by atoms with Gasteiger partial charge in [-0.15, -0.1) is 0 Å². The Bertz CT molecular complexity index is 3550. The number of aromatic nitrogens is 14. The zero-order chi connectivity index (χ0) is 59.3. The van der Waals surface area contributed by atoms with Crippen molar-refractivity contribution >= 4 is 135 Å². The van der Waals surface area contributed by atoms with Crippen LogP contribution in [-0.2, 0) is 23.9 Å². The van der Waals surface area contributed by atoms with Crippen molar-refractivity contribution in [2.24, 2.45) is 5.73 Å². The van der Waals surface area contributed by atoms with Crippen LogP contribution in [-0.4, -0.2) is 113 Å². The molecule has 9 aromatic rings. The van der Waals surface area contributed by atoms with E-state index in [1.807, 2.05) is 87.4 Å². The molecule has 2 atom stereocenters. The molecule has 0 saturated carbocycles. The quantitative estimate of drug-likeness (QED) is 0.0608. The minimum Gasteiger partial charge on any atom is -0.468 e. The van der Waals surface area contributed by atoms with Gasteiger partial charge in [0.05, 0.1) is 40.2 Å². The van der Waals surface area contributed by atoms with Gasteiger partial charge in [-0.2, -0.15) is 30.2 Å². The smallest absolute Gasteiger partial charge is 0.328 e. The van der Waals surface area contributed by atoms with Gasteiger partial charge in [0.15, 0.2) is 22.6 Å². The van der Waals surface area contributed by atoms with Crippen LogP contribution in [0.25, 0.3) is 22.6 Å². The SMILES string of the molecule is BrBr.CC(=O)C#N.CCC(Nc1cc(C)nc2c(Br)c(C)nn12)C(=O)OC.COC(=O)C(C)N.Cc1cc(=O)n2[nH]c(C)cc2n1.Cc1cc(Cl)n2nc(C)c(Br)c2n1.Cc1cc(Cl)n2nc(C)cc2n1.Cc1cc(N)n[nH]1. The van der Waals surface area contributed by atoms with Gasteiger partial charge in [0.1, 0.15) is 40.1 Å². The predicted molar refractivity (Wildman–Crippen MR) is 315 cm³/mol. The Labute approximate surface area is 491 Å². The van der Waals surface area contributed by atoms with Gasteiger partial charge in [0.25, 0.3) is 5.56 Å². The van der Waals surface area contributed by atoms with Gasteiger partial charge in [-0.05, 0) is 120 Å². The lowest BCUT2D eigenvalue weighted by molar-refractivity contribution is -0.142. The van der Waals surface area contributed by atoms with Crippen LogP contribution < -0.4 is 22.3 Å². The topological polar surface area (TPSA) is 327 Å². The molecule has 0 spiro atoms. The number of hydrogen-bond acceptors (Lipinski definition) is 18. The molecule has 0 saturated heterocycles. The first-order valence-corrected chi connectivity index (χ1v) is 29.0. The zero-order valence-corrected chi connectivity index (χ0v) is 52.9. The number of anilines is 2. The zero-order valence-electron chi connectivity index (χ0n) is 45.1. The highest BCUT2D eigenvalue weighted by molar-refractivity contribution is 9.93. The third-order valence-electron chi connectivity index (χ3n) is 9.61. The summed E-state index contributed by atoms with van der Waals surface area (Å²) in [4.78, 5) is 59.9. The predicted octanol–water partition coefficient (Wildman–Crippen LogP) is 9.47. The molecule has 0 fully saturated rings. The minimum absolute atomic E-state index is 0.0643. The fraction of sp³-hybridized carbons (Fsp3) is 0.354. The molecule has 0 bridgehead atoms. The van der Waals surface area contributed by atoms with E-state index < -0.39 is 17.9 Å². The van der Waals surface area contributed by atoms with Crippen molar-refractivity contribution in [2.45, 2.75) is 102 Å². The van der Waals surface area contributed by atoms with Crippen molar-refractivity contribution in [3.05, 3.63) is 123 Å². The molecule has 0 aromatic carbocycles. The molecule has 9 rings (SSSR count). The number of halogens is 6. The average Bonchev–Trinajstić information content (AvgIpc) is 4.20. The van der Waals surface area contributed by atoms with E-state index in [4.69, 9.17) is 44.7 Å². The summed E-state index contributed by atoms with van der Waals surface area (Å²) >= 11 is 24.3. The molecule has 0 aliphatic rings. The number of esters is 2. The summed E-state index contributed by atoms with van der Waals surface area (Å²) in [5.74, 6) is 0.166. The molecule has 30 heteroatoms. The molecule has 0 radical (unpaired) electrons. The normalized spacial score (nSPS) is 10.8. The molecule has 0 aliphatic heterocycles. The number of aryl methyl sites for hydroxylation is 9. The number of fused-ring (bicyclic) bond motifs is 4. The number of ketones is 1. The molecule has 24 nitrogen and oxygen atoms in total. The van der Waals surface area contributed by atoms with E-state index in [9.17, 15) is 19.2 Å². The summed E-state index contributed by atoms with van der Waals surface area (Å²) in [6.45, 7) is 21.8. The second-order valence-corrected chi connectivity index (χ2v) is 18.9. The largest absolute Gasteiger partial charge is 0.468 e. The summed E-state index contributed by atoms with van der Waals surface area (Å²) in [7, 11) is 2.69. The molecule has 7 N–H and O–H groups in total. The van der Waals surface area contributed by atoms with Crippen LogP contribution >= 0.6 is 83.3 Å². The number of methoxy groups -OCH3 is 2. The van der Waals surface area contributed by atoms with E-state index in [-0.39, 0.29) is 17.5 Å². The highest BCUT2D eigenvalue weighted by Crippen LogP contribution is 2.25. The van der Waals surface area contributed by atoms with E-state index in [1.54, 1.807) is 38.7 Å². The van der Waals surface area contributed by atoms with Crippen molar-refractivity contribution in [1.82, 2.24) is 68.6 Å². The second-order valence-electron chi connectivity index (χ2n) is 16.5. The number of nitriles is 1. The van der Waals surface area contributed by atoms with E-state index in [0.29, 0.717) is 28.2 Å². The number of H-pyrrole nitrogens is 2. The van der Waals surface area contributed by atoms with Gasteiger partial charge in [-0.1, -0.05) is 30.1 Å². The third-order valence-corrected chi connectivity index (χ3v) is 12.0. The monoisotopic (exact) mass is 1370 g/mol. The summed E-state index contributed by atoms with van der Waals surface area (Å²) in [5, 5.41) is 34.0. The van der Waals surface area contributed by atoms with Gasteiger partial charge in [0, 0.05) is 99.7 Å². The fourth-order valence-electron chi connectivity index (χ4n) is 6.17. The first-order chi connectivity index (χ1) is 36.6. The number of Topliss-reactive ketones (excluding diaryl/α,β-unsaturated/α-hetero) is 1. The van der Waals surface area contributed by atoms with Crippen LogP contribution in [0.1, 0.15) is 78.4 Å². The summed E-state index contributed by atoms with van der Waals surface area (Å²) in [6, 6.07) is 12.9. The van der Waals surface area contributed by atoms with Gasteiger partial charge in [0.2, 0.25) is 5.78 Å². The van der Waals surface area contributed by atoms with Crippen molar-refractivity contribution in [3.8, 4) is 6.07 Å². The minimum atomic E-state index is -0.495. The number of hydrogen-bond donors (Lipinski definition) is 5. The lowest BCUT2D eigenvalue weighted by Gasteiger charge is -2.16. The highest BCUT2D eigenvalue weighted by Gasteiger charge is 2.20. The lowest BCUT2D eigenvalue weighted by Crippen LogP contribution is -2.30. The number of carbonyl (C=O) groups excluding carboxylic acids is 3. The van der Waals surface area contributed by atoms with Crippen molar-refractivity contribution in [3.63, 3.8) is 0 Å². The Morgan fingerprint density at radius 2 is 1.21 bits per heavy atom. The van der Waals surface area contributed by atoms with E-state index in [1.165, 1.54) is 37.8 Å². The maximum atomic E-state index is 11.7. The summed E-state index contributed by atoms with van der Waals surface area (Å²) in [5.41, 5.74) is 21.2. The maximum Gasteiger partial charge on any atom is 0.328 e. The number of nitrogens with one attached hydrogen (secondary N) is 3. The molecule has 78 heavy (non-hydrogen) atoms. The fourth-order valence-corrected chi connectivity index (χ4v) is 7.40. The summed E-state index contributed by atoms with van der Waals surface area (Å²) < 4.78 is 17.2. The van der Waals surface area contributed by atoms with Crippen molar-refractivity contribution < 1.29 is 23.9 Å². The molecular formula is C48H60Br4Cl2N18O6. The van der Waals surface area contributed by atoms with Gasteiger partial charge in [-0.3, -0.25) is 24.6 Å². The van der Waals surface area contributed by atoms with E-state index >= 15 is 0 Å². The number of carbonyl (C=O) groups is 3. The number of nitrogens with zero attached hydrogens (tertiary/aromatic N) is 13. The van der Waals surface area contributed by atoms with E-state index in [0.717, 1.165) is 83.0 Å². The molecule has 9 aromatic heterocycles. The Kier molecular flexibility index (Phi) is 28.3. The molecule has 420 valence electrons. The third kappa shape index (κ3) is 20.5. The molecule has 9 heterocycles. The molecule has 0 aliphatic carbocycles. The van der Waals surface area contributed by atoms with E-state index in [2.05, 4.69) is 121 Å². The number of nitrogen functional groups attached to an aromatic ring is 1. The standard InChI is InChI=1S/C13H17BrN4O2.C8H7BrClN3.C8H8ClN3.C8H9N3O.C4H7N3.C4H9NO2.C3H3NO.Br2/c1-5-9(13(19)20-4)16-10-6-7(2)15-12-11(14)8(3)17-18(10)12;1-4-3-6(10)13-8(11-4)7(9)5(2)12-13;1-5-3-7(9)12-8(10-5)4-6(2)11-12;1-5-4-8(12)11-7(9-5)3-6(2)10-11;1-3-2-4(5)7-6-3;1-3(5)4(6)7-2;1-3(5)2-4;1-2/h6,9,16H,5H2,1-4H3;3H,1-2H3;3-4H,1-2H3;3-4,10H,1-2H3;2H,1H3,(H3,5,6,7);3H,5H2,1-2H3;1H3;. The van der Waals surface area contributed by atoms with Crippen LogP contribution in [0.2, 0.25) is 10.3 Å². The summed E-state index contributed by atoms with van der Waals surface area (Å²) in [6.07, 6.45) is 0.622. The number of nitrogens with two attached hydrogens (primary N) is 2. The van der Waals surface area contributed by atoms with Gasteiger partial charge >= 0.3 is 11.9 Å². The average molecular weight is 1380 g/mol. The number of ether oxygens (including phenoxy) is 2. The molecule has 0 amide bonds. The lowest BCUT2D eigenvalue weighted by atomic mass is 10.2. The van der Waals surface area contributed by atoms with Crippen molar-refractivity contribution in [1.29, 1.82) is 5.26 Å². The van der Waals surface area contributed by atoms with Gasteiger partial charge in [-0.25, -0.2) is 38.3 Å². The van der Waals surface area contributed by atoms with Gasteiger partial charge < -0.3 is 26.3 Å². The number of rotatable bonds is 5. The van der Waals surface area contributed by atoms with Crippen LogP contribution in [0.15, 0.2) is 56.2 Å².